The summed E-state index contributed by atoms with van der Waals surface area (Å²) in [4.78, 5) is 1.20. The minimum atomic E-state index is -1.53. The summed E-state index contributed by atoms with van der Waals surface area (Å²) in [5.41, 5.74) is 0. The number of aliphatic hydroxyl groups excluding tert-OH is 1. The minimum absolute atomic E-state index is 0.120. The molecular formula is C15H26O2SSi. The van der Waals surface area contributed by atoms with Crippen LogP contribution in [0.5, 0.6) is 0 Å². The van der Waals surface area contributed by atoms with Crippen LogP contribution in [0.4, 0.5) is 0 Å². The molecule has 2 atom stereocenters. The molecule has 0 heterocycles. The lowest BCUT2D eigenvalue weighted by molar-refractivity contribution is 0.135. The van der Waals surface area contributed by atoms with Crippen LogP contribution in [0.15, 0.2) is 35.2 Å². The average molecular weight is 299 g/mol. The Labute approximate surface area is 122 Å². The van der Waals surface area contributed by atoms with Crippen LogP contribution in [0.1, 0.15) is 19.8 Å². The zero-order valence-electron chi connectivity index (χ0n) is 12.4. The molecule has 108 valence electrons. The van der Waals surface area contributed by atoms with Crippen molar-refractivity contribution < 1.29 is 9.53 Å². The second kappa shape index (κ2) is 8.10. The van der Waals surface area contributed by atoms with E-state index in [1.165, 1.54) is 4.90 Å². The third kappa shape index (κ3) is 7.16. The van der Waals surface area contributed by atoms with E-state index in [9.17, 15) is 5.11 Å². The topological polar surface area (TPSA) is 29.5 Å². The van der Waals surface area contributed by atoms with Crippen molar-refractivity contribution in [1.82, 2.24) is 0 Å². The molecule has 0 aromatic heterocycles. The van der Waals surface area contributed by atoms with Crippen molar-refractivity contribution in [1.29, 1.82) is 0 Å². The lowest BCUT2D eigenvalue weighted by Gasteiger charge is -2.26. The first-order valence-electron chi connectivity index (χ1n) is 6.96. The average Bonchev–Trinajstić information content (AvgIpc) is 2.35. The molecule has 0 saturated heterocycles. The predicted octanol–water partition coefficient (Wildman–Crippen LogP) is 4.16. The van der Waals surface area contributed by atoms with Gasteiger partial charge < -0.3 is 9.53 Å². The highest BCUT2D eigenvalue weighted by Gasteiger charge is 2.23. The van der Waals surface area contributed by atoms with Gasteiger partial charge in [0.05, 0.1) is 11.4 Å². The molecule has 0 aliphatic rings. The normalized spacial score (nSPS) is 15.2. The monoisotopic (exact) mass is 298 g/mol. The van der Waals surface area contributed by atoms with Crippen LogP contribution in [0.3, 0.4) is 0 Å². The van der Waals surface area contributed by atoms with Gasteiger partial charge in [0.25, 0.3) is 0 Å². The van der Waals surface area contributed by atoms with Crippen LogP contribution >= 0.6 is 11.8 Å². The van der Waals surface area contributed by atoms with Crippen molar-refractivity contribution in [2.75, 3.05) is 6.61 Å². The maximum absolute atomic E-state index is 10.3. The highest BCUT2D eigenvalue weighted by Crippen LogP contribution is 2.27. The quantitative estimate of drug-likeness (QED) is 0.577. The fraction of sp³-hybridized carbons (Fsp3) is 0.600. The van der Waals surface area contributed by atoms with Gasteiger partial charge in [-0.15, -0.1) is 11.8 Å². The maximum Gasteiger partial charge on any atom is 0.183 e. The van der Waals surface area contributed by atoms with E-state index in [-0.39, 0.29) is 11.4 Å². The van der Waals surface area contributed by atoms with Gasteiger partial charge in [-0.2, -0.15) is 0 Å². The Morgan fingerprint density at radius 2 is 1.84 bits per heavy atom. The number of hydrogen-bond acceptors (Lipinski definition) is 3. The molecule has 0 unspecified atom stereocenters. The largest absolute Gasteiger partial charge is 0.416 e. The summed E-state index contributed by atoms with van der Waals surface area (Å²) >= 11 is 1.72. The molecule has 0 radical (unpaired) electrons. The Kier molecular flexibility index (Phi) is 7.14. The van der Waals surface area contributed by atoms with Gasteiger partial charge in [0.1, 0.15) is 0 Å². The molecule has 0 fully saturated rings. The molecule has 0 aliphatic carbocycles. The molecule has 4 heteroatoms. The molecule has 0 amide bonds. The Balaban J connectivity index is 2.63. The zero-order chi connectivity index (χ0) is 14.3. The molecule has 0 bridgehead atoms. The van der Waals surface area contributed by atoms with Crippen LogP contribution in [0.2, 0.25) is 19.6 Å². The first-order valence-corrected chi connectivity index (χ1v) is 11.2. The van der Waals surface area contributed by atoms with Gasteiger partial charge >= 0.3 is 0 Å². The SMILES string of the molecule is CCC[C@@H](O)[C@H](CO[Si](C)(C)C)Sc1ccccc1. The Hall–Kier alpha value is -0.293. The van der Waals surface area contributed by atoms with E-state index >= 15 is 0 Å². The van der Waals surface area contributed by atoms with Crippen LogP contribution < -0.4 is 0 Å². The van der Waals surface area contributed by atoms with Crippen molar-refractivity contribution in [2.45, 2.75) is 55.7 Å². The van der Waals surface area contributed by atoms with Crippen LogP contribution in [-0.4, -0.2) is 31.4 Å². The molecule has 1 aromatic carbocycles. The highest BCUT2D eigenvalue weighted by molar-refractivity contribution is 8.00. The summed E-state index contributed by atoms with van der Waals surface area (Å²) in [5, 5.41) is 10.4. The maximum atomic E-state index is 10.3. The van der Waals surface area contributed by atoms with Crippen LogP contribution in [-0.2, 0) is 4.43 Å². The summed E-state index contributed by atoms with van der Waals surface area (Å²) in [6.45, 7) is 9.29. The van der Waals surface area contributed by atoms with Crippen LogP contribution in [0.25, 0.3) is 0 Å². The van der Waals surface area contributed by atoms with E-state index in [1.54, 1.807) is 11.8 Å². The fourth-order valence-electron chi connectivity index (χ4n) is 1.71. The van der Waals surface area contributed by atoms with Gasteiger partial charge in [-0.3, -0.25) is 0 Å². The predicted molar refractivity (Wildman–Crippen MR) is 86.3 cm³/mol. The zero-order valence-corrected chi connectivity index (χ0v) is 14.2. The van der Waals surface area contributed by atoms with Gasteiger partial charge in [-0.05, 0) is 38.2 Å². The van der Waals surface area contributed by atoms with E-state index in [1.807, 2.05) is 18.2 Å². The van der Waals surface area contributed by atoms with Gasteiger partial charge in [-0.1, -0.05) is 31.5 Å². The molecule has 0 spiro atoms. The summed E-state index contributed by atoms with van der Waals surface area (Å²) in [5.74, 6) is 0. The Morgan fingerprint density at radius 1 is 1.21 bits per heavy atom. The van der Waals surface area contributed by atoms with Crippen molar-refractivity contribution in [2.24, 2.45) is 0 Å². The first kappa shape index (κ1) is 16.8. The molecule has 0 saturated carbocycles. The van der Waals surface area contributed by atoms with E-state index in [4.69, 9.17) is 4.43 Å². The third-order valence-corrected chi connectivity index (χ3v) is 5.05. The lowest BCUT2D eigenvalue weighted by Crippen LogP contribution is -2.34. The second-order valence-electron chi connectivity index (χ2n) is 5.75. The van der Waals surface area contributed by atoms with Gasteiger partial charge in [0, 0.05) is 11.5 Å². The van der Waals surface area contributed by atoms with E-state index in [2.05, 4.69) is 38.7 Å². The smallest absolute Gasteiger partial charge is 0.183 e. The van der Waals surface area contributed by atoms with Gasteiger partial charge in [0.2, 0.25) is 0 Å². The second-order valence-corrected chi connectivity index (χ2v) is 11.6. The summed E-state index contributed by atoms with van der Waals surface area (Å²) in [6.07, 6.45) is 1.53. The molecule has 1 N–H and O–H groups in total. The van der Waals surface area contributed by atoms with Gasteiger partial charge in [-0.25, -0.2) is 0 Å². The molecule has 0 aliphatic heterocycles. The lowest BCUT2D eigenvalue weighted by atomic mass is 10.1. The van der Waals surface area contributed by atoms with Gasteiger partial charge in [0.15, 0.2) is 8.32 Å². The number of benzene rings is 1. The standard InChI is InChI=1S/C15H26O2SSi/c1-5-9-14(16)15(12-17-19(2,3)4)18-13-10-7-6-8-11-13/h6-8,10-11,14-16H,5,9,12H2,1-4H3/t14-,15+/m1/s1. The van der Waals surface area contributed by atoms with E-state index < -0.39 is 8.32 Å². The Bertz CT molecular complexity index is 351. The summed E-state index contributed by atoms with van der Waals surface area (Å²) in [6, 6.07) is 10.3. The number of thioether (sulfide) groups is 1. The van der Waals surface area contributed by atoms with Crippen molar-refractivity contribution in [3.8, 4) is 0 Å². The molecule has 19 heavy (non-hydrogen) atoms. The number of rotatable bonds is 8. The van der Waals surface area contributed by atoms with Crippen molar-refractivity contribution in [3.05, 3.63) is 30.3 Å². The molecule has 2 nitrogen and oxygen atoms in total. The molecule has 1 aromatic rings. The van der Waals surface area contributed by atoms with Crippen molar-refractivity contribution in [3.63, 3.8) is 0 Å². The molecular weight excluding hydrogens is 272 g/mol. The summed E-state index contributed by atoms with van der Waals surface area (Å²) < 4.78 is 5.99. The number of hydrogen-bond donors (Lipinski definition) is 1. The fourth-order valence-corrected chi connectivity index (χ4v) is 3.60. The summed E-state index contributed by atoms with van der Waals surface area (Å²) in [7, 11) is -1.53. The highest BCUT2D eigenvalue weighted by atomic mass is 32.2. The number of aliphatic hydroxyl groups is 1. The minimum Gasteiger partial charge on any atom is -0.416 e. The van der Waals surface area contributed by atoms with E-state index in [0.717, 1.165) is 12.8 Å². The van der Waals surface area contributed by atoms with E-state index in [0.29, 0.717) is 6.61 Å². The first-order chi connectivity index (χ1) is 8.92. The van der Waals surface area contributed by atoms with Crippen LogP contribution in [0, 0.1) is 0 Å². The molecule has 1 rings (SSSR count). The van der Waals surface area contributed by atoms with Crippen molar-refractivity contribution >= 4 is 20.1 Å². The third-order valence-electron chi connectivity index (χ3n) is 2.72. The Morgan fingerprint density at radius 3 is 2.37 bits per heavy atom.